The van der Waals surface area contributed by atoms with Gasteiger partial charge in [-0.2, -0.15) is 0 Å². The third kappa shape index (κ3) is 4.95. The normalized spacial score (nSPS) is 12.0. The molecule has 0 spiro atoms. The van der Waals surface area contributed by atoms with Crippen LogP contribution in [0.2, 0.25) is 0 Å². The first kappa shape index (κ1) is 33.3. The summed E-state index contributed by atoms with van der Waals surface area (Å²) in [4.78, 5) is 10.5. The van der Waals surface area contributed by atoms with Crippen LogP contribution in [0.4, 0.5) is 0 Å². The minimum Gasteiger partial charge on any atom is -0.308 e. The fourth-order valence-corrected chi connectivity index (χ4v) is 10.8. The highest BCUT2D eigenvalue weighted by molar-refractivity contribution is 7.27. The van der Waals surface area contributed by atoms with Crippen LogP contribution in [0, 0.1) is 0 Å². The van der Waals surface area contributed by atoms with Crippen LogP contribution in [0.3, 0.4) is 0 Å². The van der Waals surface area contributed by atoms with Gasteiger partial charge in [-0.05, 0) is 79.8 Å². The molecule has 13 aromatic rings. The van der Waals surface area contributed by atoms with Crippen molar-refractivity contribution in [2.45, 2.75) is 0 Å². The molecule has 0 saturated carbocycles. The lowest BCUT2D eigenvalue weighted by atomic mass is 9.98. The van der Waals surface area contributed by atoms with Crippen LogP contribution in [0.5, 0.6) is 0 Å². The standard InChI is InChI=1S/C56H33N3S/c1-2-13-39-33-40(26-23-34(39)11-1)53-52-42-14-4-3-12-37(42)29-32-47(52)57-56(58-53)38-24-21-35(22-25-38)36-27-30-41(31-28-36)59-48-19-9-7-17-45(48)50-43-15-5-6-16-44(43)51-46-18-8-10-20-49(46)60-55(51)54(50)59/h1-33H. The van der Waals surface area contributed by atoms with Gasteiger partial charge in [-0.15, -0.1) is 11.3 Å². The maximum absolute atomic E-state index is 5.33. The number of rotatable bonds is 4. The van der Waals surface area contributed by atoms with Gasteiger partial charge >= 0.3 is 0 Å². The number of thiophene rings is 1. The number of benzene rings is 10. The molecule has 0 aliphatic heterocycles. The Balaban J connectivity index is 0.928. The zero-order valence-corrected chi connectivity index (χ0v) is 33.1. The third-order valence-corrected chi connectivity index (χ3v) is 13.5. The molecule has 0 bridgehead atoms. The predicted molar refractivity (Wildman–Crippen MR) is 256 cm³/mol. The molecule has 278 valence electrons. The van der Waals surface area contributed by atoms with Crippen LogP contribution in [0.25, 0.3) is 125 Å². The van der Waals surface area contributed by atoms with E-state index in [1.807, 2.05) is 11.3 Å². The molecule has 0 radical (unpaired) electrons. The molecule has 0 aliphatic carbocycles. The van der Waals surface area contributed by atoms with Gasteiger partial charge in [-0.1, -0.05) is 164 Å². The predicted octanol–water partition coefficient (Wildman–Crippen LogP) is 15.6. The lowest BCUT2D eigenvalue weighted by Gasteiger charge is -2.13. The molecule has 0 unspecified atom stereocenters. The van der Waals surface area contributed by atoms with Gasteiger partial charge in [0.25, 0.3) is 0 Å². The molecule has 10 aromatic carbocycles. The highest BCUT2D eigenvalue weighted by Crippen LogP contribution is 2.48. The molecule has 0 saturated heterocycles. The van der Waals surface area contributed by atoms with E-state index >= 15 is 0 Å². The fourth-order valence-electron chi connectivity index (χ4n) is 9.59. The summed E-state index contributed by atoms with van der Waals surface area (Å²) in [6.07, 6.45) is 0. The largest absolute Gasteiger partial charge is 0.308 e. The van der Waals surface area contributed by atoms with Crippen LogP contribution in [-0.4, -0.2) is 14.5 Å². The number of para-hydroxylation sites is 1. The first-order valence-electron chi connectivity index (χ1n) is 20.4. The number of hydrogen-bond acceptors (Lipinski definition) is 3. The summed E-state index contributed by atoms with van der Waals surface area (Å²) in [5.74, 6) is 0.717. The second-order valence-corrected chi connectivity index (χ2v) is 16.7. The van der Waals surface area contributed by atoms with Crippen molar-refractivity contribution in [1.82, 2.24) is 14.5 Å². The molecule has 0 aliphatic rings. The van der Waals surface area contributed by atoms with E-state index in [9.17, 15) is 0 Å². The zero-order chi connectivity index (χ0) is 39.3. The molecular formula is C56H33N3S. The van der Waals surface area contributed by atoms with E-state index in [1.54, 1.807) is 0 Å². The van der Waals surface area contributed by atoms with E-state index in [4.69, 9.17) is 9.97 Å². The maximum atomic E-state index is 5.33. The van der Waals surface area contributed by atoms with Crippen LogP contribution in [-0.2, 0) is 0 Å². The summed E-state index contributed by atoms with van der Waals surface area (Å²) in [6.45, 7) is 0. The lowest BCUT2D eigenvalue weighted by Crippen LogP contribution is -1.96. The molecule has 60 heavy (non-hydrogen) atoms. The quantitative estimate of drug-likeness (QED) is 0.167. The van der Waals surface area contributed by atoms with E-state index in [0.717, 1.165) is 49.9 Å². The van der Waals surface area contributed by atoms with Crippen molar-refractivity contribution in [1.29, 1.82) is 0 Å². The van der Waals surface area contributed by atoms with Crippen molar-refractivity contribution >= 4 is 96.5 Å². The number of hydrogen-bond donors (Lipinski definition) is 0. The molecule has 0 atom stereocenters. The molecule has 0 amide bonds. The summed E-state index contributed by atoms with van der Waals surface area (Å²) in [5, 5.41) is 13.7. The van der Waals surface area contributed by atoms with Crippen molar-refractivity contribution in [3.63, 3.8) is 0 Å². The molecule has 0 N–H and O–H groups in total. The van der Waals surface area contributed by atoms with Gasteiger partial charge in [0.2, 0.25) is 0 Å². The summed E-state index contributed by atoms with van der Waals surface area (Å²) in [7, 11) is 0. The molecule has 4 heteroatoms. The van der Waals surface area contributed by atoms with Gasteiger partial charge in [0.1, 0.15) is 0 Å². The SMILES string of the molecule is c1ccc2cc(-c3nc(-c4ccc(-c5ccc(-n6c7ccccc7c7c8ccccc8c8c9ccccc9sc8c76)cc5)cc4)nc4ccc5ccccc5c34)ccc2c1. The van der Waals surface area contributed by atoms with Crippen molar-refractivity contribution in [2.75, 3.05) is 0 Å². The van der Waals surface area contributed by atoms with E-state index in [2.05, 4.69) is 205 Å². The summed E-state index contributed by atoms with van der Waals surface area (Å²) in [6, 6.07) is 72.4. The Bertz CT molecular complexity index is 3880. The minimum absolute atomic E-state index is 0.717. The Morgan fingerprint density at radius 3 is 1.77 bits per heavy atom. The van der Waals surface area contributed by atoms with Crippen LogP contribution >= 0.6 is 11.3 Å². The van der Waals surface area contributed by atoms with E-state index < -0.39 is 0 Å². The molecular weight excluding hydrogens is 747 g/mol. The number of aromatic nitrogens is 3. The topological polar surface area (TPSA) is 30.7 Å². The van der Waals surface area contributed by atoms with Gasteiger partial charge in [0.05, 0.1) is 26.9 Å². The second-order valence-electron chi connectivity index (χ2n) is 15.7. The number of nitrogens with zero attached hydrogens (tertiary/aromatic N) is 3. The van der Waals surface area contributed by atoms with Gasteiger partial charge in [0, 0.05) is 48.4 Å². The van der Waals surface area contributed by atoms with Crippen molar-refractivity contribution in [2.24, 2.45) is 0 Å². The summed E-state index contributed by atoms with van der Waals surface area (Å²) in [5.41, 5.74) is 9.89. The Morgan fingerprint density at radius 1 is 0.383 bits per heavy atom. The average molecular weight is 780 g/mol. The van der Waals surface area contributed by atoms with Crippen LogP contribution < -0.4 is 0 Å². The first-order valence-corrected chi connectivity index (χ1v) is 21.2. The Kier molecular flexibility index (Phi) is 7.18. The van der Waals surface area contributed by atoms with E-state index in [-0.39, 0.29) is 0 Å². The molecule has 13 rings (SSSR count). The van der Waals surface area contributed by atoms with Crippen molar-refractivity contribution < 1.29 is 0 Å². The Morgan fingerprint density at radius 2 is 0.967 bits per heavy atom. The minimum atomic E-state index is 0.717. The molecule has 0 fully saturated rings. The van der Waals surface area contributed by atoms with Crippen molar-refractivity contribution in [3.8, 4) is 39.5 Å². The molecule has 3 aromatic heterocycles. The van der Waals surface area contributed by atoms with E-state index in [1.165, 1.54) is 68.9 Å². The highest BCUT2D eigenvalue weighted by Gasteiger charge is 2.22. The maximum Gasteiger partial charge on any atom is 0.160 e. The summed E-state index contributed by atoms with van der Waals surface area (Å²) < 4.78 is 5.12. The van der Waals surface area contributed by atoms with Gasteiger partial charge in [-0.25, -0.2) is 9.97 Å². The zero-order valence-electron chi connectivity index (χ0n) is 32.3. The van der Waals surface area contributed by atoms with Crippen LogP contribution in [0.15, 0.2) is 200 Å². The Hall–Kier alpha value is -7.66. The van der Waals surface area contributed by atoms with Crippen molar-refractivity contribution in [3.05, 3.63) is 200 Å². The average Bonchev–Trinajstić information content (AvgIpc) is 3.88. The monoisotopic (exact) mass is 779 g/mol. The van der Waals surface area contributed by atoms with Crippen LogP contribution in [0.1, 0.15) is 0 Å². The van der Waals surface area contributed by atoms with Gasteiger partial charge < -0.3 is 4.57 Å². The first-order chi connectivity index (χ1) is 29.7. The Labute approximate surface area is 349 Å². The smallest absolute Gasteiger partial charge is 0.160 e. The molecule has 3 nitrogen and oxygen atoms in total. The van der Waals surface area contributed by atoms with Gasteiger partial charge in [0.15, 0.2) is 5.82 Å². The third-order valence-electron chi connectivity index (χ3n) is 12.4. The summed E-state index contributed by atoms with van der Waals surface area (Å²) >= 11 is 1.90. The molecule has 3 heterocycles. The highest BCUT2D eigenvalue weighted by atomic mass is 32.1. The van der Waals surface area contributed by atoms with Gasteiger partial charge in [-0.3, -0.25) is 0 Å². The fraction of sp³-hybridized carbons (Fsp3) is 0. The van der Waals surface area contributed by atoms with E-state index in [0.29, 0.717) is 5.82 Å². The second kappa shape index (κ2) is 12.9. The lowest BCUT2D eigenvalue weighted by molar-refractivity contribution is 1.19. The number of fused-ring (bicyclic) bond motifs is 14.